The van der Waals surface area contributed by atoms with Crippen molar-refractivity contribution < 1.29 is 17.4 Å². The molecular weight excluding hydrogens is 213 g/mol. The highest BCUT2D eigenvalue weighted by atomic mass is 32.2. The average molecular weight is 220 g/mol. The third kappa shape index (κ3) is 3.85. The summed E-state index contributed by atoms with van der Waals surface area (Å²) in [5.74, 6) is 0. The molecule has 0 bridgehead atoms. The molecule has 0 radical (unpaired) electrons. The van der Waals surface area contributed by atoms with E-state index in [1.165, 1.54) is 12.1 Å². The van der Waals surface area contributed by atoms with Gasteiger partial charge in [0.1, 0.15) is 0 Å². The Morgan fingerprint density at radius 3 is 2.21 bits per heavy atom. The zero-order valence-electron chi connectivity index (χ0n) is 7.04. The molecular formula is C9H7F3OS. The summed E-state index contributed by atoms with van der Waals surface area (Å²) in [5.41, 5.74) is 0.848. The van der Waals surface area contributed by atoms with E-state index in [0.29, 0.717) is 4.90 Å². The van der Waals surface area contributed by atoms with Crippen molar-refractivity contribution in [2.75, 3.05) is 0 Å². The smallest absolute Gasteiger partial charge is 0.215 e. The molecule has 0 fully saturated rings. The van der Waals surface area contributed by atoms with E-state index in [1.807, 2.05) is 0 Å². The van der Waals surface area contributed by atoms with Gasteiger partial charge in [-0.15, -0.1) is 13.2 Å². The summed E-state index contributed by atoms with van der Waals surface area (Å²) in [6.45, 7) is 3.53. The van der Waals surface area contributed by atoms with Crippen molar-refractivity contribution in [3.63, 3.8) is 0 Å². The largest absolute Gasteiger partial charge is 0.533 e. The predicted octanol–water partition coefficient (Wildman–Crippen LogP) is 3.87. The van der Waals surface area contributed by atoms with Gasteiger partial charge in [0.2, 0.25) is 0 Å². The Balaban J connectivity index is 2.56. The average Bonchev–Trinajstić information content (AvgIpc) is 2.14. The topological polar surface area (TPSA) is 9.23 Å². The van der Waals surface area contributed by atoms with Crippen LogP contribution in [0.5, 0.6) is 0 Å². The summed E-state index contributed by atoms with van der Waals surface area (Å²) >= 11 is 0.287. The molecule has 1 rings (SSSR count). The van der Waals surface area contributed by atoms with Crippen LogP contribution in [0, 0.1) is 0 Å². The van der Waals surface area contributed by atoms with Crippen molar-refractivity contribution >= 4 is 18.1 Å². The van der Waals surface area contributed by atoms with Gasteiger partial charge in [-0.2, -0.15) is 0 Å². The van der Waals surface area contributed by atoms with Crippen LogP contribution < -0.4 is 0 Å². The van der Waals surface area contributed by atoms with Gasteiger partial charge in [-0.1, -0.05) is 24.8 Å². The molecule has 0 heterocycles. The van der Waals surface area contributed by atoms with Crippen molar-refractivity contribution in [3.05, 3.63) is 36.4 Å². The van der Waals surface area contributed by atoms with Gasteiger partial charge < -0.3 is 0 Å². The van der Waals surface area contributed by atoms with Crippen molar-refractivity contribution in [2.45, 2.75) is 11.3 Å². The highest BCUT2D eigenvalue weighted by molar-refractivity contribution is 7.94. The van der Waals surface area contributed by atoms with Crippen molar-refractivity contribution in [1.29, 1.82) is 0 Å². The predicted molar refractivity (Wildman–Crippen MR) is 49.5 cm³/mol. The minimum atomic E-state index is -4.61. The Morgan fingerprint density at radius 1 is 1.21 bits per heavy atom. The number of hydrogen-bond acceptors (Lipinski definition) is 2. The van der Waals surface area contributed by atoms with Crippen LogP contribution in [0.2, 0.25) is 0 Å². The molecule has 1 aromatic carbocycles. The molecule has 0 aliphatic carbocycles. The number of benzene rings is 1. The summed E-state index contributed by atoms with van der Waals surface area (Å²) in [7, 11) is 0. The molecule has 5 heteroatoms. The molecule has 0 saturated heterocycles. The fraction of sp³-hybridized carbons (Fsp3) is 0.111. The maximum absolute atomic E-state index is 11.6. The molecule has 0 unspecified atom stereocenters. The first-order valence-corrected chi connectivity index (χ1v) is 4.40. The first-order valence-electron chi connectivity index (χ1n) is 3.66. The molecule has 14 heavy (non-hydrogen) atoms. The summed E-state index contributed by atoms with van der Waals surface area (Å²) in [4.78, 5) is 0.396. The number of alkyl halides is 3. The van der Waals surface area contributed by atoms with Crippen molar-refractivity contribution in [3.8, 4) is 0 Å². The first kappa shape index (κ1) is 11.1. The van der Waals surface area contributed by atoms with Gasteiger partial charge in [0.05, 0.1) is 0 Å². The third-order valence-electron chi connectivity index (χ3n) is 1.35. The maximum Gasteiger partial charge on any atom is 0.533 e. The summed E-state index contributed by atoms with van der Waals surface area (Å²) in [5, 5.41) is 0. The van der Waals surface area contributed by atoms with E-state index < -0.39 is 6.36 Å². The summed E-state index contributed by atoms with van der Waals surface area (Å²) in [6.07, 6.45) is -3.00. The minimum Gasteiger partial charge on any atom is -0.215 e. The molecule has 0 aliphatic heterocycles. The monoisotopic (exact) mass is 220 g/mol. The first-order chi connectivity index (χ1) is 6.51. The van der Waals surface area contributed by atoms with E-state index in [9.17, 15) is 13.2 Å². The zero-order valence-corrected chi connectivity index (χ0v) is 7.86. The maximum atomic E-state index is 11.6. The van der Waals surface area contributed by atoms with Crippen molar-refractivity contribution in [2.24, 2.45) is 0 Å². The van der Waals surface area contributed by atoms with Crippen LogP contribution in [0.1, 0.15) is 5.56 Å². The van der Waals surface area contributed by atoms with E-state index in [4.69, 9.17) is 0 Å². The molecule has 0 aromatic heterocycles. The van der Waals surface area contributed by atoms with Crippen LogP contribution >= 0.6 is 12.0 Å². The Labute approximate surface area is 83.8 Å². The lowest BCUT2D eigenvalue weighted by Crippen LogP contribution is -2.07. The van der Waals surface area contributed by atoms with Crippen LogP contribution in [0.25, 0.3) is 6.08 Å². The molecule has 0 N–H and O–H groups in total. The summed E-state index contributed by atoms with van der Waals surface area (Å²) in [6, 6.07) is 6.39. The molecule has 1 aromatic rings. The second-order valence-electron chi connectivity index (χ2n) is 2.39. The van der Waals surface area contributed by atoms with E-state index in [0.717, 1.165) is 5.56 Å². The van der Waals surface area contributed by atoms with E-state index >= 15 is 0 Å². The van der Waals surface area contributed by atoms with Crippen LogP contribution in [0.4, 0.5) is 13.2 Å². The molecule has 0 saturated carbocycles. The standard InChI is InChI=1S/C9H7F3OS/c1-2-7-3-5-8(6-4-7)14-13-9(10,11)12/h2-6H,1H2. The zero-order chi connectivity index (χ0) is 10.6. The van der Waals surface area contributed by atoms with Gasteiger partial charge in [-0.25, -0.2) is 4.18 Å². The van der Waals surface area contributed by atoms with Crippen LogP contribution in [0.15, 0.2) is 35.7 Å². The Bertz CT molecular complexity index is 305. The number of halogens is 3. The van der Waals surface area contributed by atoms with Gasteiger partial charge in [0, 0.05) is 16.9 Å². The second kappa shape index (κ2) is 4.52. The second-order valence-corrected chi connectivity index (χ2v) is 3.19. The van der Waals surface area contributed by atoms with Gasteiger partial charge in [0.25, 0.3) is 0 Å². The highest BCUT2D eigenvalue weighted by Crippen LogP contribution is 2.29. The van der Waals surface area contributed by atoms with Crippen LogP contribution in [0.3, 0.4) is 0 Å². The van der Waals surface area contributed by atoms with Crippen LogP contribution in [-0.4, -0.2) is 6.36 Å². The number of rotatable bonds is 3. The lowest BCUT2D eigenvalue weighted by molar-refractivity contribution is -0.266. The number of hydrogen-bond donors (Lipinski definition) is 0. The molecule has 0 aliphatic rings. The fourth-order valence-corrected chi connectivity index (χ4v) is 1.19. The lowest BCUT2D eigenvalue weighted by Gasteiger charge is -2.05. The summed E-state index contributed by atoms with van der Waals surface area (Å²) < 4.78 is 38.5. The molecule has 1 nitrogen and oxygen atoms in total. The Morgan fingerprint density at radius 2 is 1.79 bits per heavy atom. The molecule has 0 amide bonds. The lowest BCUT2D eigenvalue weighted by atomic mass is 10.2. The SMILES string of the molecule is C=Cc1ccc(SOC(F)(F)F)cc1. The van der Waals surface area contributed by atoms with E-state index in [1.54, 1.807) is 18.2 Å². The highest BCUT2D eigenvalue weighted by Gasteiger charge is 2.30. The quantitative estimate of drug-likeness (QED) is 0.715. The molecule has 0 spiro atoms. The van der Waals surface area contributed by atoms with Gasteiger partial charge in [0.15, 0.2) is 0 Å². The molecule has 76 valence electrons. The third-order valence-corrected chi connectivity index (χ3v) is 2.09. The van der Waals surface area contributed by atoms with E-state index in [2.05, 4.69) is 10.8 Å². The van der Waals surface area contributed by atoms with Crippen LogP contribution in [-0.2, 0) is 4.18 Å². The minimum absolute atomic E-state index is 0.287. The van der Waals surface area contributed by atoms with Gasteiger partial charge in [-0.3, -0.25) is 0 Å². The van der Waals surface area contributed by atoms with Gasteiger partial charge in [-0.05, 0) is 17.7 Å². The van der Waals surface area contributed by atoms with E-state index in [-0.39, 0.29) is 12.0 Å². The molecule has 0 atom stereocenters. The fourth-order valence-electron chi connectivity index (χ4n) is 0.755. The van der Waals surface area contributed by atoms with Crippen molar-refractivity contribution in [1.82, 2.24) is 0 Å². The Hall–Kier alpha value is -0.940. The Kier molecular flexibility index (Phi) is 3.60. The van der Waals surface area contributed by atoms with Gasteiger partial charge >= 0.3 is 6.36 Å². The normalized spacial score (nSPS) is 11.4.